The molecule has 0 spiro atoms. The van der Waals surface area contributed by atoms with Crippen LogP contribution in [-0.4, -0.2) is 58.6 Å². The van der Waals surface area contributed by atoms with Crippen LogP contribution in [0.15, 0.2) is 30.3 Å². The van der Waals surface area contributed by atoms with Gasteiger partial charge in [0.25, 0.3) is 0 Å². The molecule has 35 heavy (non-hydrogen) atoms. The summed E-state index contributed by atoms with van der Waals surface area (Å²) in [5, 5.41) is 75.1. The van der Waals surface area contributed by atoms with E-state index >= 15 is 0 Å². The van der Waals surface area contributed by atoms with Gasteiger partial charge < -0.3 is 49.6 Å². The molecule has 1 aliphatic heterocycles. The molecule has 0 atom stereocenters. The van der Waals surface area contributed by atoms with Crippen molar-refractivity contribution in [2.75, 3.05) is 0 Å². The Morgan fingerprint density at radius 3 is 1.60 bits per heavy atom. The van der Waals surface area contributed by atoms with Gasteiger partial charge in [0.2, 0.25) is 11.5 Å². The Labute approximate surface area is 199 Å². The van der Waals surface area contributed by atoms with Crippen LogP contribution >= 0.6 is 0 Å². The third kappa shape index (κ3) is 2.85. The van der Waals surface area contributed by atoms with Gasteiger partial charge in [-0.15, -0.1) is 0 Å². The zero-order valence-electron chi connectivity index (χ0n) is 19.4. The summed E-state index contributed by atoms with van der Waals surface area (Å²) < 4.78 is 13.1. The fourth-order valence-corrected chi connectivity index (χ4v) is 4.44. The van der Waals surface area contributed by atoms with E-state index in [0.29, 0.717) is 5.69 Å². The highest BCUT2D eigenvalue weighted by Crippen LogP contribution is 2.56. The Morgan fingerprint density at radius 2 is 1.06 bits per heavy atom. The van der Waals surface area contributed by atoms with E-state index < -0.39 is 58.6 Å². The minimum absolute atomic E-state index is 0.197. The van der Waals surface area contributed by atoms with E-state index in [1.165, 1.54) is 4.57 Å². The predicted octanol–water partition coefficient (Wildman–Crippen LogP) is 3.02. The van der Waals surface area contributed by atoms with E-state index in [2.05, 4.69) is 0 Å². The topological polar surface area (TPSA) is 165 Å². The molecule has 4 aromatic rings. The van der Waals surface area contributed by atoms with Gasteiger partial charge in [0.15, 0.2) is 23.0 Å². The lowest BCUT2D eigenvalue weighted by Gasteiger charge is -2.32. The molecule has 0 aliphatic carbocycles. The maximum atomic E-state index is 11.4. The van der Waals surface area contributed by atoms with Crippen LogP contribution in [0.2, 0.25) is 0 Å². The van der Waals surface area contributed by atoms with Crippen molar-refractivity contribution in [3.63, 3.8) is 0 Å². The highest BCUT2D eigenvalue weighted by molar-refractivity contribution is 6.65. The fraction of sp³-hybridized carbons (Fsp3) is 0.250. The van der Waals surface area contributed by atoms with E-state index in [9.17, 15) is 35.7 Å². The van der Waals surface area contributed by atoms with Gasteiger partial charge >= 0.3 is 7.12 Å². The molecule has 2 heterocycles. The number of phenolic OH excluding ortho intramolecular Hbond substituents is 7. The monoisotopic (exact) mass is 481 g/mol. The molecule has 0 amide bonds. The number of phenols is 7. The summed E-state index contributed by atoms with van der Waals surface area (Å²) >= 11 is 0. The molecule has 0 saturated carbocycles. The van der Waals surface area contributed by atoms with Crippen molar-refractivity contribution in [2.45, 2.75) is 38.9 Å². The van der Waals surface area contributed by atoms with Gasteiger partial charge in [-0.3, -0.25) is 0 Å². The first-order valence-corrected chi connectivity index (χ1v) is 10.8. The van der Waals surface area contributed by atoms with Gasteiger partial charge in [-0.2, -0.15) is 0 Å². The molecule has 10 nitrogen and oxygen atoms in total. The highest BCUT2D eigenvalue weighted by atomic mass is 16.7. The molecular weight excluding hydrogens is 457 g/mol. The summed E-state index contributed by atoms with van der Waals surface area (Å²) in [6.07, 6.45) is 0. The van der Waals surface area contributed by atoms with Crippen molar-refractivity contribution in [2.24, 2.45) is 0 Å². The van der Waals surface area contributed by atoms with Gasteiger partial charge in [0, 0.05) is 5.69 Å². The second-order valence-electron chi connectivity index (χ2n) is 9.56. The number of hydrogen-bond acceptors (Lipinski definition) is 9. The molecule has 182 valence electrons. The molecule has 5 rings (SSSR count). The molecule has 0 radical (unpaired) electrons. The summed E-state index contributed by atoms with van der Waals surface area (Å²) in [5.41, 5.74) is -2.06. The maximum absolute atomic E-state index is 11.4. The highest BCUT2D eigenvalue weighted by Gasteiger charge is 2.54. The van der Waals surface area contributed by atoms with E-state index in [4.69, 9.17) is 9.31 Å². The second-order valence-corrected chi connectivity index (χ2v) is 9.56. The zero-order valence-corrected chi connectivity index (χ0v) is 19.4. The summed E-state index contributed by atoms with van der Waals surface area (Å²) in [6.45, 7) is 7.08. The molecule has 11 heteroatoms. The third-order valence-corrected chi connectivity index (χ3v) is 7.00. The van der Waals surface area contributed by atoms with Crippen molar-refractivity contribution in [3.8, 4) is 45.9 Å². The maximum Gasteiger partial charge on any atom is 0.502 e. The van der Waals surface area contributed by atoms with Crippen LogP contribution in [-0.2, 0) is 9.31 Å². The summed E-state index contributed by atoms with van der Waals surface area (Å²) in [4.78, 5) is 0. The molecule has 1 aromatic heterocycles. The molecular formula is C24H24BNO9. The van der Waals surface area contributed by atoms with Crippen LogP contribution in [0.1, 0.15) is 27.7 Å². The molecule has 3 aromatic carbocycles. The summed E-state index contributed by atoms with van der Waals surface area (Å²) in [7, 11) is -1.30. The Kier molecular flexibility index (Phi) is 4.58. The van der Waals surface area contributed by atoms with Crippen LogP contribution in [0.5, 0.6) is 40.2 Å². The molecule has 1 fully saturated rings. The smallest absolute Gasteiger partial charge is 0.502 e. The van der Waals surface area contributed by atoms with Crippen LogP contribution in [0, 0.1) is 0 Å². The van der Waals surface area contributed by atoms with Gasteiger partial charge in [-0.1, -0.05) is 18.2 Å². The first-order valence-electron chi connectivity index (χ1n) is 10.8. The van der Waals surface area contributed by atoms with Crippen LogP contribution in [0.4, 0.5) is 0 Å². The Morgan fingerprint density at radius 1 is 0.600 bits per heavy atom. The largest absolute Gasteiger partial charge is 0.507 e. The van der Waals surface area contributed by atoms with Gasteiger partial charge in [-0.25, -0.2) is 0 Å². The number of benzene rings is 3. The summed E-state index contributed by atoms with van der Waals surface area (Å²) in [6, 6.07) is 8.27. The average Bonchev–Trinajstić information content (AvgIpc) is 3.26. The molecule has 7 N–H and O–H groups in total. The Balaban J connectivity index is 1.99. The van der Waals surface area contributed by atoms with E-state index in [0.717, 1.165) is 0 Å². The third-order valence-electron chi connectivity index (χ3n) is 7.00. The van der Waals surface area contributed by atoms with Crippen LogP contribution in [0.25, 0.3) is 27.5 Å². The second kappa shape index (κ2) is 7.03. The number of aromatic nitrogens is 1. The number of nitrogens with zero attached hydrogens (tertiary/aromatic N) is 1. The first-order chi connectivity index (χ1) is 16.3. The lowest BCUT2D eigenvalue weighted by atomic mass is 9.76. The Bertz CT molecular complexity index is 1510. The van der Waals surface area contributed by atoms with Crippen molar-refractivity contribution in [1.29, 1.82) is 0 Å². The average molecular weight is 481 g/mol. The quantitative estimate of drug-likeness (QED) is 0.129. The minimum atomic E-state index is -1.30. The number of aromatic hydroxyl groups is 7. The van der Waals surface area contributed by atoms with E-state index in [-0.39, 0.29) is 27.3 Å². The molecule has 0 bridgehead atoms. The van der Waals surface area contributed by atoms with E-state index in [1.54, 1.807) is 58.0 Å². The van der Waals surface area contributed by atoms with E-state index in [1.807, 2.05) is 0 Å². The first kappa shape index (κ1) is 22.8. The van der Waals surface area contributed by atoms with Crippen LogP contribution in [0.3, 0.4) is 0 Å². The van der Waals surface area contributed by atoms with Gasteiger partial charge in [0.05, 0.1) is 27.4 Å². The fourth-order valence-electron chi connectivity index (χ4n) is 4.44. The number of hydrogen-bond donors (Lipinski definition) is 7. The predicted molar refractivity (Wildman–Crippen MR) is 128 cm³/mol. The van der Waals surface area contributed by atoms with Crippen molar-refractivity contribution in [3.05, 3.63) is 30.3 Å². The van der Waals surface area contributed by atoms with Crippen LogP contribution < -0.4 is 5.46 Å². The Hall–Kier alpha value is -3.96. The van der Waals surface area contributed by atoms with Crippen molar-refractivity contribution >= 4 is 34.4 Å². The lowest BCUT2D eigenvalue weighted by molar-refractivity contribution is 0.00578. The minimum Gasteiger partial charge on any atom is -0.507 e. The molecule has 1 saturated heterocycles. The normalized spacial score (nSPS) is 17.0. The molecule has 0 unspecified atom stereocenters. The van der Waals surface area contributed by atoms with Crippen molar-refractivity contribution in [1.82, 2.24) is 4.57 Å². The zero-order chi connectivity index (χ0) is 25.6. The SMILES string of the molecule is CC1(C)OB(c2c(O)c(O)c3c(c2O)c2c(O)c(O)c(O)c(O)c2n3-c2ccccc2)OC1(C)C. The standard InChI is InChI=1S/C24H24BNO9/c1-23(2)24(3,4)35-25(34-23)13-16(27)11-12-15(20(31)22(33)21(32)17(12)28)26(10-8-6-5-7-9-10)14(11)19(30)18(13)29/h5-9,27-33H,1-4H3. The number of para-hydroxylation sites is 1. The molecule has 1 aliphatic rings. The lowest BCUT2D eigenvalue weighted by Crippen LogP contribution is -2.41. The summed E-state index contributed by atoms with van der Waals surface area (Å²) in [5.74, 6) is -5.74. The number of rotatable bonds is 2. The number of fused-ring (bicyclic) bond motifs is 3. The van der Waals surface area contributed by atoms with Gasteiger partial charge in [-0.05, 0) is 39.8 Å². The van der Waals surface area contributed by atoms with Gasteiger partial charge in [0.1, 0.15) is 16.8 Å². The van der Waals surface area contributed by atoms with Crippen molar-refractivity contribution < 1.29 is 45.1 Å².